The van der Waals surface area contributed by atoms with Crippen LogP contribution in [0, 0.1) is 6.92 Å². The van der Waals surface area contributed by atoms with E-state index < -0.39 is 17.3 Å². The van der Waals surface area contributed by atoms with Crippen LogP contribution in [0.5, 0.6) is 5.75 Å². The fraction of sp³-hybridized carbons (Fsp3) is 0.250. The first-order valence-electron chi connectivity index (χ1n) is 6.90. The fourth-order valence-electron chi connectivity index (χ4n) is 2.07. The molecule has 0 saturated carbocycles. The molecule has 0 bridgehead atoms. The van der Waals surface area contributed by atoms with E-state index in [0.717, 1.165) is 15.8 Å². The van der Waals surface area contributed by atoms with Crippen LogP contribution in [0.4, 0.5) is 0 Å². The summed E-state index contributed by atoms with van der Waals surface area (Å²) in [7, 11) is -1.02. The van der Waals surface area contributed by atoms with E-state index in [4.69, 9.17) is 20.9 Å². The van der Waals surface area contributed by atoms with Gasteiger partial charge in [0.05, 0.1) is 17.4 Å². The van der Waals surface area contributed by atoms with Crippen LogP contribution in [0.1, 0.15) is 12.5 Å². The summed E-state index contributed by atoms with van der Waals surface area (Å²) in [5.74, 6) is 0.646. The molecule has 6 heteroatoms. The minimum atomic E-state index is -2.59. The van der Waals surface area contributed by atoms with Crippen LogP contribution in [-0.4, -0.2) is 17.1 Å². The molecule has 2 aromatic rings. The summed E-state index contributed by atoms with van der Waals surface area (Å²) in [5.41, 5.74) is 0.921. The largest absolute Gasteiger partial charge is 0.440 e. The molecule has 0 radical (unpaired) electrons. The normalized spacial score (nSPS) is 15.0. The van der Waals surface area contributed by atoms with Crippen LogP contribution in [0.25, 0.3) is 0 Å². The van der Waals surface area contributed by atoms with Crippen molar-refractivity contribution in [2.45, 2.75) is 18.7 Å². The van der Waals surface area contributed by atoms with Gasteiger partial charge >= 0.3 is 0 Å². The molecule has 0 heterocycles. The Balaban J connectivity index is 2.35. The highest BCUT2D eigenvalue weighted by molar-refractivity contribution is 8.13. The molecule has 118 valence electrons. The summed E-state index contributed by atoms with van der Waals surface area (Å²) in [6.07, 6.45) is 1.66. The lowest BCUT2D eigenvalue weighted by Gasteiger charge is -2.23. The van der Waals surface area contributed by atoms with Crippen molar-refractivity contribution in [1.82, 2.24) is 0 Å². The molecule has 2 atom stereocenters. The molecule has 0 aliphatic heterocycles. The van der Waals surface area contributed by atoms with Crippen molar-refractivity contribution in [2.24, 2.45) is 0 Å². The van der Waals surface area contributed by atoms with Gasteiger partial charge in [0.1, 0.15) is 5.75 Å². The third-order valence-electron chi connectivity index (χ3n) is 3.05. The van der Waals surface area contributed by atoms with Crippen LogP contribution in [0.15, 0.2) is 53.4 Å². The Kier molecular flexibility index (Phi) is 5.93. The van der Waals surface area contributed by atoms with Gasteiger partial charge in [-0.05, 0) is 61.5 Å². The zero-order valence-electron chi connectivity index (χ0n) is 12.8. The monoisotopic (exact) mass is 354 g/mol. The van der Waals surface area contributed by atoms with Gasteiger partial charge in [-0.1, -0.05) is 18.2 Å². The third kappa shape index (κ3) is 4.05. The second-order valence-electron chi connectivity index (χ2n) is 4.72. The molecule has 2 unspecified atom stereocenters. The predicted octanol–water partition coefficient (Wildman–Crippen LogP) is 3.78. The molecule has 2 rings (SSSR count). The Morgan fingerprint density at radius 3 is 2.41 bits per heavy atom. The highest BCUT2D eigenvalue weighted by Gasteiger charge is 2.23. The summed E-state index contributed by atoms with van der Waals surface area (Å²) in [5, 5.41) is 0.882. The van der Waals surface area contributed by atoms with E-state index in [-0.39, 0.29) is 0 Å². The van der Waals surface area contributed by atoms with E-state index in [1.165, 1.54) is 0 Å². The lowest BCUT2D eigenvalue weighted by atomic mass is 10.2. The molecular formula is C16H19O3PS2. The average Bonchev–Trinajstić information content (AvgIpc) is 2.48. The maximum absolute atomic E-state index is 11.6. The molecule has 2 aromatic carbocycles. The van der Waals surface area contributed by atoms with E-state index in [9.17, 15) is 4.21 Å². The number of benzene rings is 2. The van der Waals surface area contributed by atoms with Gasteiger partial charge < -0.3 is 9.05 Å². The lowest BCUT2D eigenvalue weighted by molar-refractivity contribution is 0.339. The topological polar surface area (TPSA) is 35.5 Å². The van der Waals surface area contributed by atoms with Crippen molar-refractivity contribution < 1.29 is 13.3 Å². The van der Waals surface area contributed by atoms with Gasteiger partial charge in [0.25, 0.3) is 6.49 Å². The first-order valence-corrected chi connectivity index (χ1v) is 11.1. The van der Waals surface area contributed by atoms with Gasteiger partial charge in [0.15, 0.2) is 0 Å². The zero-order chi connectivity index (χ0) is 16.2. The Morgan fingerprint density at radius 1 is 1.18 bits per heavy atom. The molecule has 3 nitrogen and oxygen atoms in total. The number of aryl methyl sites for hydroxylation is 1. The van der Waals surface area contributed by atoms with E-state index in [2.05, 4.69) is 0 Å². The van der Waals surface area contributed by atoms with Crippen molar-refractivity contribution >= 4 is 34.4 Å². The molecule has 0 N–H and O–H groups in total. The van der Waals surface area contributed by atoms with Crippen LogP contribution >= 0.6 is 6.49 Å². The van der Waals surface area contributed by atoms with Crippen LogP contribution in [0.2, 0.25) is 0 Å². The van der Waals surface area contributed by atoms with Gasteiger partial charge in [-0.25, -0.2) is 0 Å². The molecule has 0 aliphatic carbocycles. The first kappa shape index (κ1) is 17.4. The Bertz CT molecular complexity index is 717. The van der Waals surface area contributed by atoms with Crippen molar-refractivity contribution in [2.75, 3.05) is 12.9 Å². The van der Waals surface area contributed by atoms with Gasteiger partial charge in [0, 0.05) is 16.5 Å². The van der Waals surface area contributed by atoms with Gasteiger partial charge in [-0.3, -0.25) is 4.21 Å². The molecule has 0 spiro atoms. The minimum absolute atomic E-state index is 0.488. The summed E-state index contributed by atoms with van der Waals surface area (Å²) in [6.45, 7) is 1.71. The lowest BCUT2D eigenvalue weighted by Crippen LogP contribution is -2.12. The highest BCUT2D eigenvalue weighted by atomic mass is 32.5. The zero-order valence-corrected chi connectivity index (χ0v) is 15.3. The Labute approximate surface area is 139 Å². The van der Waals surface area contributed by atoms with Crippen molar-refractivity contribution in [3.05, 3.63) is 54.1 Å². The van der Waals surface area contributed by atoms with Gasteiger partial charge in [-0.15, -0.1) is 0 Å². The maximum atomic E-state index is 11.6. The van der Waals surface area contributed by atoms with Crippen molar-refractivity contribution in [3.63, 3.8) is 0 Å². The predicted molar refractivity (Wildman–Crippen MR) is 96.1 cm³/mol. The smallest absolute Gasteiger partial charge is 0.269 e. The summed E-state index contributed by atoms with van der Waals surface area (Å²) < 4.78 is 23.4. The molecular weight excluding hydrogens is 335 g/mol. The average molecular weight is 354 g/mol. The van der Waals surface area contributed by atoms with Crippen molar-refractivity contribution in [1.29, 1.82) is 0 Å². The molecule has 0 aromatic heterocycles. The number of hydrogen-bond acceptors (Lipinski definition) is 4. The van der Waals surface area contributed by atoms with E-state index in [1.807, 2.05) is 56.3 Å². The third-order valence-corrected chi connectivity index (χ3v) is 7.28. The number of rotatable bonds is 6. The standard InChI is InChI=1S/C16H19O3PS2/c1-4-18-20(21,15-8-6-5-7-9-15)19-14-10-11-16(22(3)17)13(2)12-14/h5-12H,4H2,1-3H3. The maximum Gasteiger partial charge on any atom is 0.269 e. The summed E-state index contributed by atoms with van der Waals surface area (Å²) in [6, 6.07) is 15.1. The number of hydrogen-bond donors (Lipinski definition) is 0. The molecule has 22 heavy (non-hydrogen) atoms. The van der Waals surface area contributed by atoms with E-state index >= 15 is 0 Å². The fourth-order valence-corrected chi connectivity index (χ4v) is 5.36. The van der Waals surface area contributed by atoms with Crippen LogP contribution in [0.3, 0.4) is 0 Å². The molecule has 0 fully saturated rings. The second-order valence-corrected chi connectivity index (χ2v) is 9.47. The first-order chi connectivity index (χ1) is 10.5. The van der Waals surface area contributed by atoms with E-state index in [1.54, 1.807) is 12.3 Å². The highest BCUT2D eigenvalue weighted by Crippen LogP contribution is 2.47. The summed E-state index contributed by atoms with van der Waals surface area (Å²) in [4.78, 5) is 0.803. The van der Waals surface area contributed by atoms with Crippen LogP contribution in [-0.2, 0) is 27.1 Å². The molecule has 0 amide bonds. The molecule has 0 aliphatic rings. The van der Waals surface area contributed by atoms with Crippen molar-refractivity contribution in [3.8, 4) is 5.75 Å². The second kappa shape index (κ2) is 7.51. The van der Waals surface area contributed by atoms with E-state index in [0.29, 0.717) is 12.4 Å². The SMILES string of the molecule is CCOP(=S)(Oc1ccc(S(C)=O)c(C)c1)c1ccccc1. The Morgan fingerprint density at radius 2 is 1.86 bits per heavy atom. The van der Waals surface area contributed by atoms with Crippen LogP contribution < -0.4 is 9.83 Å². The van der Waals surface area contributed by atoms with Gasteiger partial charge in [0.2, 0.25) is 0 Å². The van der Waals surface area contributed by atoms with Gasteiger partial charge in [-0.2, -0.15) is 0 Å². The quantitative estimate of drug-likeness (QED) is 0.740. The minimum Gasteiger partial charge on any atom is -0.440 e. The molecule has 0 saturated heterocycles. The summed E-state index contributed by atoms with van der Waals surface area (Å²) >= 11 is 5.68. The Hall–Kier alpha value is -1.00.